The standard InChI is InChI=1S/C22H26N2O5/c1-14(2)29-18-7-5-17(6-8-18)23-21(25)22(26)24-10-9-15-11-19(27-3)20(28-4)12-16(15)13-24/h5-8,11-12,14H,9-10,13H2,1-4H3,(H,23,25). The number of fused-ring (bicyclic) bond motifs is 1. The molecule has 2 amide bonds. The van der Waals surface area contributed by atoms with E-state index in [9.17, 15) is 9.59 Å². The van der Waals surface area contributed by atoms with Gasteiger partial charge in [-0.1, -0.05) is 0 Å². The lowest BCUT2D eigenvalue weighted by molar-refractivity contribution is -0.143. The van der Waals surface area contributed by atoms with E-state index in [2.05, 4.69) is 5.32 Å². The number of amides is 2. The number of nitrogens with one attached hydrogen (secondary N) is 1. The van der Waals surface area contributed by atoms with Crippen LogP contribution in [-0.4, -0.2) is 43.6 Å². The highest BCUT2D eigenvalue weighted by molar-refractivity contribution is 6.39. The number of carbonyl (C=O) groups excluding carboxylic acids is 2. The van der Waals surface area contributed by atoms with E-state index >= 15 is 0 Å². The van der Waals surface area contributed by atoms with E-state index in [4.69, 9.17) is 14.2 Å². The quantitative estimate of drug-likeness (QED) is 0.784. The number of benzene rings is 2. The van der Waals surface area contributed by atoms with Gasteiger partial charge in [0.2, 0.25) is 0 Å². The topological polar surface area (TPSA) is 77.1 Å². The molecule has 7 nitrogen and oxygen atoms in total. The lowest BCUT2D eigenvalue weighted by Gasteiger charge is -2.29. The fourth-order valence-corrected chi connectivity index (χ4v) is 3.27. The Hall–Kier alpha value is -3.22. The lowest BCUT2D eigenvalue weighted by atomic mass is 9.98. The summed E-state index contributed by atoms with van der Waals surface area (Å²) in [7, 11) is 3.16. The first-order valence-corrected chi connectivity index (χ1v) is 9.52. The Bertz CT molecular complexity index is 893. The van der Waals surface area contributed by atoms with Crippen molar-refractivity contribution in [3.8, 4) is 17.2 Å². The number of rotatable bonds is 5. The van der Waals surface area contributed by atoms with Crippen molar-refractivity contribution in [3.63, 3.8) is 0 Å². The predicted molar refractivity (Wildman–Crippen MR) is 110 cm³/mol. The van der Waals surface area contributed by atoms with Crippen LogP contribution in [-0.2, 0) is 22.6 Å². The first kappa shape index (κ1) is 20.5. The van der Waals surface area contributed by atoms with Gasteiger partial charge in [-0.25, -0.2) is 0 Å². The second-order valence-corrected chi connectivity index (χ2v) is 7.10. The van der Waals surface area contributed by atoms with Crippen molar-refractivity contribution in [2.24, 2.45) is 0 Å². The highest BCUT2D eigenvalue weighted by Crippen LogP contribution is 2.33. The molecule has 0 bridgehead atoms. The minimum atomic E-state index is -0.661. The highest BCUT2D eigenvalue weighted by Gasteiger charge is 2.27. The molecule has 1 heterocycles. The van der Waals surface area contributed by atoms with Gasteiger partial charge in [0.15, 0.2) is 11.5 Å². The minimum Gasteiger partial charge on any atom is -0.493 e. The molecule has 0 unspecified atom stereocenters. The number of hydrogen-bond donors (Lipinski definition) is 1. The van der Waals surface area contributed by atoms with Gasteiger partial charge in [0.05, 0.1) is 20.3 Å². The average molecular weight is 398 g/mol. The molecule has 0 fully saturated rings. The fourth-order valence-electron chi connectivity index (χ4n) is 3.27. The third kappa shape index (κ3) is 4.80. The average Bonchev–Trinajstić information content (AvgIpc) is 2.72. The van der Waals surface area contributed by atoms with Gasteiger partial charge >= 0.3 is 11.8 Å². The predicted octanol–water partition coefficient (Wildman–Crippen LogP) is 3.01. The maximum atomic E-state index is 12.6. The molecule has 3 rings (SSSR count). The van der Waals surface area contributed by atoms with E-state index in [0.717, 1.165) is 11.1 Å². The Morgan fingerprint density at radius 1 is 1.00 bits per heavy atom. The molecule has 0 aromatic heterocycles. The van der Waals surface area contributed by atoms with E-state index in [1.165, 1.54) is 0 Å². The van der Waals surface area contributed by atoms with Crippen LogP contribution in [0.1, 0.15) is 25.0 Å². The van der Waals surface area contributed by atoms with Crippen LogP contribution in [0.4, 0.5) is 5.69 Å². The molecule has 29 heavy (non-hydrogen) atoms. The molecule has 1 N–H and O–H groups in total. The van der Waals surface area contributed by atoms with Gasteiger partial charge in [-0.15, -0.1) is 0 Å². The second kappa shape index (κ2) is 8.86. The van der Waals surface area contributed by atoms with Crippen molar-refractivity contribution in [1.82, 2.24) is 4.90 Å². The normalized spacial score (nSPS) is 12.9. The summed E-state index contributed by atoms with van der Waals surface area (Å²) in [6.45, 7) is 4.70. The molecular weight excluding hydrogens is 372 g/mol. The third-order valence-electron chi connectivity index (χ3n) is 4.68. The van der Waals surface area contributed by atoms with Crippen LogP contribution in [0.2, 0.25) is 0 Å². The number of carbonyl (C=O) groups is 2. The minimum absolute atomic E-state index is 0.0672. The molecule has 0 saturated carbocycles. The van der Waals surface area contributed by atoms with Crippen LogP contribution in [0.3, 0.4) is 0 Å². The van der Waals surface area contributed by atoms with Crippen molar-refractivity contribution >= 4 is 17.5 Å². The van der Waals surface area contributed by atoms with E-state index < -0.39 is 11.8 Å². The number of anilines is 1. The molecular formula is C22H26N2O5. The van der Waals surface area contributed by atoms with Gasteiger partial charge in [0, 0.05) is 18.8 Å². The summed E-state index contributed by atoms with van der Waals surface area (Å²) < 4.78 is 16.3. The van der Waals surface area contributed by atoms with Gasteiger partial charge in [-0.2, -0.15) is 0 Å². The molecule has 2 aromatic carbocycles. The third-order valence-corrected chi connectivity index (χ3v) is 4.68. The SMILES string of the molecule is COc1cc2c(cc1OC)CN(C(=O)C(=O)Nc1ccc(OC(C)C)cc1)CC2. The van der Waals surface area contributed by atoms with Crippen molar-refractivity contribution in [2.75, 3.05) is 26.1 Å². The number of ether oxygens (including phenoxy) is 3. The smallest absolute Gasteiger partial charge is 0.313 e. The molecule has 0 atom stereocenters. The van der Waals surface area contributed by atoms with Crippen LogP contribution >= 0.6 is 0 Å². The molecule has 1 aliphatic rings. The number of methoxy groups -OCH3 is 2. The summed E-state index contributed by atoms with van der Waals surface area (Å²) in [5.41, 5.74) is 2.58. The first-order chi connectivity index (χ1) is 13.9. The van der Waals surface area contributed by atoms with Gasteiger partial charge < -0.3 is 24.4 Å². The van der Waals surface area contributed by atoms with Crippen LogP contribution < -0.4 is 19.5 Å². The van der Waals surface area contributed by atoms with Gasteiger partial charge in [0.25, 0.3) is 0 Å². The maximum Gasteiger partial charge on any atom is 0.313 e. The zero-order valence-electron chi connectivity index (χ0n) is 17.2. The first-order valence-electron chi connectivity index (χ1n) is 9.52. The van der Waals surface area contributed by atoms with Crippen molar-refractivity contribution < 1.29 is 23.8 Å². The van der Waals surface area contributed by atoms with Crippen LogP contribution in [0.15, 0.2) is 36.4 Å². The highest BCUT2D eigenvalue weighted by atomic mass is 16.5. The Morgan fingerprint density at radius 3 is 2.21 bits per heavy atom. The van der Waals surface area contributed by atoms with Crippen molar-refractivity contribution in [2.45, 2.75) is 32.9 Å². The van der Waals surface area contributed by atoms with E-state index in [0.29, 0.717) is 42.4 Å². The second-order valence-electron chi connectivity index (χ2n) is 7.10. The van der Waals surface area contributed by atoms with Crippen LogP contribution in [0.25, 0.3) is 0 Å². The molecule has 7 heteroatoms. The molecule has 0 spiro atoms. The van der Waals surface area contributed by atoms with E-state index in [1.54, 1.807) is 43.4 Å². The van der Waals surface area contributed by atoms with Gasteiger partial charge in [-0.05, 0) is 67.8 Å². The Labute approximate surface area is 170 Å². The summed E-state index contributed by atoms with van der Waals surface area (Å²) in [6, 6.07) is 10.7. The van der Waals surface area contributed by atoms with Gasteiger partial charge in [-0.3, -0.25) is 9.59 Å². The molecule has 0 saturated heterocycles. The van der Waals surface area contributed by atoms with Crippen molar-refractivity contribution in [1.29, 1.82) is 0 Å². The summed E-state index contributed by atoms with van der Waals surface area (Å²) in [4.78, 5) is 26.6. The lowest BCUT2D eigenvalue weighted by Crippen LogP contribution is -2.42. The summed E-state index contributed by atoms with van der Waals surface area (Å²) in [6.07, 6.45) is 0.716. The zero-order valence-corrected chi connectivity index (χ0v) is 17.2. The Morgan fingerprint density at radius 2 is 1.62 bits per heavy atom. The summed E-state index contributed by atoms with van der Waals surface area (Å²) in [5.74, 6) is 0.753. The summed E-state index contributed by atoms with van der Waals surface area (Å²) >= 11 is 0. The molecule has 1 aliphatic heterocycles. The molecule has 0 radical (unpaired) electrons. The number of nitrogens with zero attached hydrogens (tertiary/aromatic N) is 1. The van der Waals surface area contributed by atoms with E-state index in [-0.39, 0.29) is 6.10 Å². The monoisotopic (exact) mass is 398 g/mol. The Balaban J connectivity index is 1.65. The van der Waals surface area contributed by atoms with Crippen LogP contribution in [0.5, 0.6) is 17.2 Å². The molecule has 154 valence electrons. The fraction of sp³-hybridized carbons (Fsp3) is 0.364. The van der Waals surface area contributed by atoms with E-state index in [1.807, 2.05) is 26.0 Å². The zero-order chi connectivity index (χ0) is 21.0. The van der Waals surface area contributed by atoms with Crippen LogP contribution in [0, 0.1) is 0 Å². The summed E-state index contributed by atoms with van der Waals surface area (Å²) in [5, 5.41) is 2.65. The molecule has 2 aromatic rings. The number of hydrogen-bond acceptors (Lipinski definition) is 5. The Kier molecular flexibility index (Phi) is 6.26. The van der Waals surface area contributed by atoms with Gasteiger partial charge in [0.1, 0.15) is 5.75 Å². The largest absolute Gasteiger partial charge is 0.493 e. The molecule has 0 aliphatic carbocycles. The van der Waals surface area contributed by atoms with Crippen molar-refractivity contribution in [3.05, 3.63) is 47.5 Å². The maximum absolute atomic E-state index is 12.6.